The second-order valence-corrected chi connectivity index (χ2v) is 4.62. The molecule has 0 aliphatic rings. The average Bonchev–Trinajstić information content (AvgIpc) is 1.82. The quantitative estimate of drug-likeness (QED) is 0.623. The molecule has 10 heavy (non-hydrogen) atoms. The summed E-state index contributed by atoms with van der Waals surface area (Å²) in [6, 6.07) is 4.42. The van der Waals surface area contributed by atoms with Crippen LogP contribution in [0, 0.1) is 21.0 Å². The van der Waals surface area contributed by atoms with E-state index in [-0.39, 0.29) is 0 Å². The lowest BCUT2D eigenvalue weighted by molar-refractivity contribution is 1.33. The first-order chi connectivity index (χ1) is 4.61. The minimum Gasteiger partial charge on any atom is -0.0553 e. The van der Waals surface area contributed by atoms with Gasteiger partial charge in [0, 0.05) is 7.14 Å². The molecule has 0 saturated heterocycles. The zero-order chi connectivity index (χ0) is 7.72. The van der Waals surface area contributed by atoms with E-state index < -0.39 is 0 Å². The first kappa shape index (κ1) is 8.77. The normalized spacial score (nSPS) is 10.0. The monoisotopic (exact) mass is 358 g/mol. The molecule has 2 heteroatoms. The Morgan fingerprint density at radius 3 is 2.20 bits per heavy atom. The molecule has 0 bridgehead atoms. The van der Waals surface area contributed by atoms with Gasteiger partial charge in [-0.2, -0.15) is 0 Å². The van der Waals surface area contributed by atoms with E-state index in [4.69, 9.17) is 0 Å². The summed E-state index contributed by atoms with van der Waals surface area (Å²) >= 11 is 4.75. The van der Waals surface area contributed by atoms with Crippen LogP contribution < -0.4 is 0 Å². The molecule has 0 nitrogen and oxygen atoms in total. The standard InChI is InChI=1S/C8H8I2/c1-5-3-6(2)8(10)7(9)4-5/h3-4H,1-2H3. The Kier molecular flexibility index (Phi) is 2.97. The van der Waals surface area contributed by atoms with Gasteiger partial charge in [-0.1, -0.05) is 6.07 Å². The van der Waals surface area contributed by atoms with Crippen LogP contribution in [0.25, 0.3) is 0 Å². The molecule has 0 fully saturated rings. The predicted molar refractivity (Wildman–Crippen MR) is 61.4 cm³/mol. The van der Waals surface area contributed by atoms with Gasteiger partial charge in [-0.25, -0.2) is 0 Å². The van der Waals surface area contributed by atoms with E-state index in [0.717, 1.165) is 0 Å². The summed E-state index contributed by atoms with van der Waals surface area (Å²) < 4.78 is 2.74. The maximum atomic E-state index is 2.38. The van der Waals surface area contributed by atoms with Crippen molar-refractivity contribution in [3.63, 3.8) is 0 Å². The van der Waals surface area contributed by atoms with Crippen molar-refractivity contribution in [1.29, 1.82) is 0 Å². The number of aryl methyl sites for hydroxylation is 2. The molecule has 0 atom stereocenters. The van der Waals surface area contributed by atoms with Crippen molar-refractivity contribution in [3.05, 3.63) is 30.4 Å². The van der Waals surface area contributed by atoms with Crippen LogP contribution in [0.3, 0.4) is 0 Å². The van der Waals surface area contributed by atoms with E-state index in [9.17, 15) is 0 Å². The molecule has 0 amide bonds. The third-order valence-corrected chi connectivity index (χ3v) is 4.67. The van der Waals surface area contributed by atoms with Crippen LogP contribution >= 0.6 is 45.2 Å². The summed E-state index contributed by atoms with van der Waals surface area (Å²) in [5.41, 5.74) is 2.73. The molecule has 0 aromatic heterocycles. The zero-order valence-electron chi connectivity index (χ0n) is 5.91. The second-order valence-electron chi connectivity index (χ2n) is 2.38. The van der Waals surface area contributed by atoms with E-state index in [1.165, 1.54) is 18.3 Å². The highest BCUT2D eigenvalue weighted by molar-refractivity contribution is 14.1. The molecule has 0 saturated carbocycles. The van der Waals surface area contributed by atoms with Crippen molar-refractivity contribution in [2.75, 3.05) is 0 Å². The summed E-state index contributed by atoms with van der Waals surface area (Å²) in [5, 5.41) is 0. The molecular weight excluding hydrogens is 350 g/mol. The Labute approximate surface area is 88.7 Å². The average molecular weight is 358 g/mol. The van der Waals surface area contributed by atoms with E-state index in [2.05, 4.69) is 71.2 Å². The Hall–Kier alpha value is 0.680. The van der Waals surface area contributed by atoms with E-state index in [0.29, 0.717) is 0 Å². The van der Waals surface area contributed by atoms with Crippen LogP contribution in [-0.4, -0.2) is 0 Å². The fourth-order valence-corrected chi connectivity index (χ4v) is 2.13. The van der Waals surface area contributed by atoms with Crippen molar-refractivity contribution in [1.82, 2.24) is 0 Å². The molecule has 0 radical (unpaired) electrons. The van der Waals surface area contributed by atoms with E-state index in [1.807, 2.05) is 0 Å². The van der Waals surface area contributed by atoms with Gasteiger partial charge in [-0.05, 0) is 76.2 Å². The lowest BCUT2D eigenvalue weighted by atomic mass is 10.2. The highest BCUT2D eigenvalue weighted by Gasteiger charge is 1.99. The lowest BCUT2D eigenvalue weighted by Gasteiger charge is -2.01. The van der Waals surface area contributed by atoms with Crippen molar-refractivity contribution >= 4 is 45.2 Å². The number of benzene rings is 1. The summed E-state index contributed by atoms with van der Waals surface area (Å²) in [6.45, 7) is 4.28. The molecule has 1 aromatic rings. The molecule has 0 spiro atoms. The SMILES string of the molecule is Cc1cc(C)c(I)c(I)c1. The molecule has 1 rings (SSSR count). The lowest BCUT2D eigenvalue weighted by Crippen LogP contribution is -1.86. The van der Waals surface area contributed by atoms with Crippen LogP contribution in [0.4, 0.5) is 0 Å². The summed E-state index contributed by atoms with van der Waals surface area (Å²) in [4.78, 5) is 0. The fourth-order valence-electron chi connectivity index (χ4n) is 0.898. The van der Waals surface area contributed by atoms with Gasteiger partial charge in [-0.15, -0.1) is 0 Å². The number of hydrogen-bond donors (Lipinski definition) is 0. The maximum Gasteiger partial charge on any atom is 0.0293 e. The summed E-state index contributed by atoms with van der Waals surface area (Å²) in [5.74, 6) is 0. The van der Waals surface area contributed by atoms with Gasteiger partial charge < -0.3 is 0 Å². The van der Waals surface area contributed by atoms with Crippen molar-refractivity contribution in [2.45, 2.75) is 13.8 Å². The fraction of sp³-hybridized carbons (Fsp3) is 0.250. The molecule has 54 valence electrons. The highest BCUT2D eigenvalue weighted by atomic mass is 127. The van der Waals surface area contributed by atoms with Gasteiger partial charge in [0.25, 0.3) is 0 Å². The molecular formula is C8H8I2. The zero-order valence-corrected chi connectivity index (χ0v) is 10.2. The van der Waals surface area contributed by atoms with Gasteiger partial charge in [0.15, 0.2) is 0 Å². The van der Waals surface area contributed by atoms with Gasteiger partial charge >= 0.3 is 0 Å². The highest BCUT2D eigenvalue weighted by Crippen LogP contribution is 2.20. The van der Waals surface area contributed by atoms with Gasteiger partial charge in [-0.3, -0.25) is 0 Å². The number of halogens is 2. The van der Waals surface area contributed by atoms with Crippen LogP contribution in [0.2, 0.25) is 0 Å². The van der Waals surface area contributed by atoms with Gasteiger partial charge in [0.05, 0.1) is 0 Å². The molecule has 0 N–H and O–H groups in total. The topological polar surface area (TPSA) is 0 Å². The van der Waals surface area contributed by atoms with Crippen LogP contribution in [0.1, 0.15) is 11.1 Å². The largest absolute Gasteiger partial charge is 0.0553 e. The van der Waals surface area contributed by atoms with Crippen LogP contribution in [0.15, 0.2) is 12.1 Å². The first-order valence-electron chi connectivity index (χ1n) is 3.03. The molecule has 0 heterocycles. The Balaban J connectivity index is 3.31. The second kappa shape index (κ2) is 3.38. The van der Waals surface area contributed by atoms with Crippen LogP contribution in [0.5, 0.6) is 0 Å². The Morgan fingerprint density at radius 1 is 1.10 bits per heavy atom. The Morgan fingerprint density at radius 2 is 1.70 bits per heavy atom. The number of hydrogen-bond acceptors (Lipinski definition) is 0. The van der Waals surface area contributed by atoms with Gasteiger partial charge in [0.1, 0.15) is 0 Å². The third kappa shape index (κ3) is 1.84. The third-order valence-electron chi connectivity index (χ3n) is 1.35. The Bertz CT molecular complexity index is 230. The maximum absolute atomic E-state index is 2.38. The minimum atomic E-state index is 1.35. The van der Waals surface area contributed by atoms with Crippen molar-refractivity contribution < 1.29 is 0 Å². The molecule has 0 unspecified atom stereocenters. The number of rotatable bonds is 0. The smallest absolute Gasteiger partial charge is 0.0293 e. The minimum absolute atomic E-state index is 1.35. The summed E-state index contributed by atoms with van der Waals surface area (Å²) in [6.07, 6.45) is 0. The van der Waals surface area contributed by atoms with E-state index in [1.54, 1.807) is 0 Å². The molecule has 0 aliphatic carbocycles. The molecule has 1 aromatic carbocycles. The van der Waals surface area contributed by atoms with Gasteiger partial charge in [0.2, 0.25) is 0 Å². The van der Waals surface area contributed by atoms with Crippen molar-refractivity contribution in [3.8, 4) is 0 Å². The van der Waals surface area contributed by atoms with Crippen molar-refractivity contribution in [2.24, 2.45) is 0 Å². The predicted octanol–water partition coefficient (Wildman–Crippen LogP) is 3.51. The van der Waals surface area contributed by atoms with Crippen LogP contribution in [-0.2, 0) is 0 Å². The molecule has 0 aliphatic heterocycles. The van der Waals surface area contributed by atoms with E-state index >= 15 is 0 Å². The summed E-state index contributed by atoms with van der Waals surface area (Å²) in [7, 11) is 0. The first-order valence-corrected chi connectivity index (χ1v) is 5.19.